The highest BCUT2D eigenvalue weighted by atomic mass is 32.2. The zero-order valence-corrected chi connectivity index (χ0v) is 15.4. The number of rotatable bonds is 6. The Morgan fingerprint density at radius 3 is 2.88 bits per heavy atom. The lowest BCUT2D eigenvalue weighted by Gasteiger charge is -2.29. The molecule has 1 aromatic carbocycles. The van der Waals surface area contributed by atoms with Crippen molar-refractivity contribution in [2.45, 2.75) is 49.8 Å². The number of hydrogen-bond acceptors (Lipinski definition) is 3. The Bertz CT molecular complexity index is 657. The van der Waals surface area contributed by atoms with Gasteiger partial charge in [-0.05, 0) is 44.2 Å². The Morgan fingerprint density at radius 2 is 2.04 bits per heavy atom. The normalized spacial score (nSPS) is 16.8. The number of fused-ring (bicyclic) bond motifs is 1. The smallest absolute Gasteiger partial charge is 0.227 e. The number of carbonyl (C=O) groups is 2. The fourth-order valence-electron chi connectivity index (χ4n) is 3.37. The van der Waals surface area contributed by atoms with E-state index in [-0.39, 0.29) is 24.7 Å². The van der Waals surface area contributed by atoms with Crippen LogP contribution in [0.15, 0.2) is 40.8 Å². The van der Waals surface area contributed by atoms with Gasteiger partial charge in [0.05, 0.1) is 5.69 Å². The van der Waals surface area contributed by atoms with E-state index in [1.54, 1.807) is 11.8 Å². The minimum Gasteiger partial charge on any atom is -0.356 e. The number of nitrogens with one attached hydrogen (secondary N) is 1. The highest BCUT2D eigenvalue weighted by Crippen LogP contribution is 2.34. The van der Waals surface area contributed by atoms with E-state index in [1.807, 2.05) is 29.2 Å². The molecule has 1 aliphatic heterocycles. The molecule has 0 saturated heterocycles. The Kier molecular flexibility index (Phi) is 6.56. The quantitative estimate of drug-likeness (QED) is 0.784. The maximum absolute atomic E-state index is 12.5. The standard InChI is InChI=1S/C20H26N2O2S/c23-19(21-13-12-16-6-2-1-3-7-16)10-11-20(24)22-14-15-25-18-9-5-4-8-17(18)22/h4-6,8-9H,1-3,7,10-15H2,(H,21,23). The van der Waals surface area contributed by atoms with E-state index in [1.165, 1.54) is 31.3 Å². The van der Waals surface area contributed by atoms with Crippen LogP contribution in [0.2, 0.25) is 0 Å². The Balaban J connectivity index is 1.41. The Morgan fingerprint density at radius 1 is 1.16 bits per heavy atom. The van der Waals surface area contributed by atoms with E-state index in [2.05, 4.69) is 11.4 Å². The zero-order chi connectivity index (χ0) is 17.5. The van der Waals surface area contributed by atoms with Gasteiger partial charge in [-0.15, -0.1) is 11.8 Å². The molecule has 4 nitrogen and oxygen atoms in total. The second-order valence-corrected chi connectivity index (χ2v) is 7.71. The predicted molar refractivity (Wildman–Crippen MR) is 103 cm³/mol. The summed E-state index contributed by atoms with van der Waals surface area (Å²) in [6, 6.07) is 7.98. The minimum absolute atomic E-state index is 0.0237. The van der Waals surface area contributed by atoms with E-state index in [0.29, 0.717) is 6.54 Å². The molecule has 1 heterocycles. The molecule has 0 atom stereocenters. The monoisotopic (exact) mass is 358 g/mol. The summed E-state index contributed by atoms with van der Waals surface area (Å²) >= 11 is 1.78. The van der Waals surface area contributed by atoms with Crippen LogP contribution in [0.4, 0.5) is 5.69 Å². The fourth-order valence-corrected chi connectivity index (χ4v) is 4.36. The number of allylic oxidation sites excluding steroid dienone is 1. The van der Waals surface area contributed by atoms with Gasteiger partial charge in [0.25, 0.3) is 0 Å². The first-order valence-electron chi connectivity index (χ1n) is 9.21. The Hall–Kier alpha value is -1.75. The summed E-state index contributed by atoms with van der Waals surface area (Å²) in [5.41, 5.74) is 2.44. The van der Waals surface area contributed by atoms with Gasteiger partial charge in [-0.3, -0.25) is 9.59 Å². The average Bonchev–Trinajstić information content (AvgIpc) is 2.66. The molecule has 0 aromatic heterocycles. The van der Waals surface area contributed by atoms with Crippen molar-refractivity contribution in [2.24, 2.45) is 0 Å². The number of anilines is 1. The molecule has 1 aliphatic carbocycles. The molecule has 0 fully saturated rings. The predicted octanol–water partition coefficient (Wildman–Crippen LogP) is 3.91. The largest absolute Gasteiger partial charge is 0.356 e. The first kappa shape index (κ1) is 18.1. The van der Waals surface area contributed by atoms with Gasteiger partial charge in [0.1, 0.15) is 0 Å². The highest BCUT2D eigenvalue weighted by molar-refractivity contribution is 7.99. The van der Waals surface area contributed by atoms with Crippen LogP contribution >= 0.6 is 11.8 Å². The average molecular weight is 359 g/mol. The van der Waals surface area contributed by atoms with Crippen molar-refractivity contribution in [3.63, 3.8) is 0 Å². The molecular formula is C20H26N2O2S. The lowest BCUT2D eigenvalue weighted by atomic mass is 9.97. The minimum atomic E-state index is -0.0237. The van der Waals surface area contributed by atoms with E-state index < -0.39 is 0 Å². The summed E-state index contributed by atoms with van der Waals surface area (Å²) in [6.07, 6.45) is 8.69. The van der Waals surface area contributed by atoms with Crippen molar-refractivity contribution in [3.05, 3.63) is 35.9 Å². The number of benzene rings is 1. The molecule has 5 heteroatoms. The first-order valence-corrected chi connectivity index (χ1v) is 10.2. The van der Waals surface area contributed by atoms with Gasteiger partial charge < -0.3 is 10.2 Å². The van der Waals surface area contributed by atoms with Crippen molar-refractivity contribution >= 4 is 29.3 Å². The summed E-state index contributed by atoms with van der Waals surface area (Å²) in [4.78, 5) is 27.5. The third kappa shape index (κ3) is 5.11. The van der Waals surface area contributed by atoms with Crippen LogP contribution in [-0.4, -0.2) is 30.7 Å². The third-order valence-electron chi connectivity index (χ3n) is 4.75. The van der Waals surface area contributed by atoms with Gasteiger partial charge in [0.15, 0.2) is 0 Å². The molecule has 0 radical (unpaired) electrons. The number of hydrogen-bond donors (Lipinski definition) is 1. The SMILES string of the molecule is O=C(CCC(=O)N1CCSc2ccccc21)NCCC1=CCCCC1. The van der Waals surface area contributed by atoms with E-state index in [4.69, 9.17) is 0 Å². The van der Waals surface area contributed by atoms with Crippen LogP contribution in [0.5, 0.6) is 0 Å². The second-order valence-electron chi connectivity index (χ2n) is 6.57. The lowest BCUT2D eigenvalue weighted by molar-refractivity contribution is -0.125. The third-order valence-corrected chi connectivity index (χ3v) is 5.79. The van der Waals surface area contributed by atoms with Crippen LogP contribution < -0.4 is 10.2 Å². The molecule has 25 heavy (non-hydrogen) atoms. The van der Waals surface area contributed by atoms with Crippen LogP contribution in [0.1, 0.15) is 44.9 Å². The molecular weight excluding hydrogens is 332 g/mol. The summed E-state index contributed by atoms with van der Waals surface area (Å²) in [5, 5.41) is 2.95. The molecule has 0 saturated carbocycles. The van der Waals surface area contributed by atoms with Crippen molar-refractivity contribution < 1.29 is 9.59 Å². The number of thioether (sulfide) groups is 1. The summed E-state index contributed by atoms with van der Waals surface area (Å²) in [6.45, 7) is 1.40. The van der Waals surface area contributed by atoms with Crippen LogP contribution in [0.25, 0.3) is 0 Å². The molecule has 3 rings (SSSR count). The van der Waals surface area contributed by atoms with Crippen LogP contribution in [0.3, 0.4) is 0 Å². The molecule has 134 valence electrons. The van der Waals surface area contributed by atoms with Crippen molar-refractivity contribution in [3.8, 4) is 0 Å². The van der Waals surface area contributed by atoms with Gasteiger partial charge in [0.2, 0.25) is 11.8 Å². The molecule has 0 bridgehead atoms. The molecule has 1 N–H and O–H groups in total. The first-order chi connectivity index (χ1) is 12.2. The zero-order valence-electron chi connectivity index (χ0n) is 14.6. The molecule has 2 amide bonds. The van der Waals surface area contributed by atoms with Crippen LogP contribution in [0, 0.1) is 0 Å². The highest BCUT2D eigenvalue weighted by Gasteiger charge is 2.22. The van der Waals surface area contributed by atoms with Gasteiger partial charge >= 0.3 is 0 Å². The molecule has 0 unspecified atom stereocenters. The molecule has 0 spiro atoms. The topological polar surface area (TPSA) is 49.4 Å². The lowest BCUT2D eigenvalue weighted by Crippen LogP contribution is -2.36. The van der Waals surface area contributed by atoms with Gasteiger partial charge in [-0.25, -0.2) is 0 Å². The summed E-state index contributed by atoms with van der Waals surface area (Å²) in [7, 11) is 0. The maximum Gasteiger partial charge on any atom is 0.227 e. The summed E-state index contributed by atoms with van der Waals surface area (Å²) < 4.78 is 0. The number of nitrogens with zero attached hydrogens (tertiary/aromatic N) is 1. The Labute approximate surface area is 154 Å². The van der Waals surface area contributed by atoms with Crippen molar-refractivity contribution in [1.82, 2.24) is 5.32 Å². The number of amides is 2. The molecule has 1 aromatic rings. The maximum atomic E-state index is 12.5. The van der Waals surface area contributed by atoms with Crippen molar-refractivity contribution in [2.75, 3.05) is 23.7 Å². The number of para-hydroxylation sites is 1. The van der Waals surface area contributed by atoms with Gasteiger partial charge in [-0.2, -0.15) is 0 Å². The fraction of sp³-hybridized carbons (Fsp3) is 0.500. The van der Waals surface area contributed by atoms with E-state index >= 15 is 0 Å². The second kappa shape index (κ2) is 9.09. The molecule has 2 aliphatic rings. The number of carbonyl (C=O) groups excluding carboxylic acids is 2. The summed E-state index contributed by atoms with van der Waals surface area (Å²) in [5.74, 6) is 0.923. The van der Waals surface area contributed by atoms with E-state index in [9.17, 15) is 9.59 Å². The van der Waals surface area contributed by atoms with Gasteiger partial charge in [0, 0.05) is 36.6 Å². The van der Waals surface area contributed by atoms with Crippen LogP contribution in [-0.2, 0) is 9.59 Å². The van der Waals surface area contributed by atoms with Gasteiger partial charge in [-0.1, -0.05) is 23.8 Å². The van der Waals surface area contributed by atoms with E-state index in [0.717, 1.165) is 29.3 Å². The van der Waals surface area contributed by atoms with Crippen molar-refractivity contribution in [1.29, 1.82) is 0 Å².